The lowest BCUT2D eigenvalue weighted by atomic mass is 9.49. The Hall–Kier alpha value is -2.43. The van der Waals surface area contributed by atoms with E-state index in [-0.39, 0.29) is 17.9 Å². The number of pyridine rings is 1. The average Bonchev–Trinajstić information content (AvgIpc) is 2.70. The van der Waals surface area contributed by atoms with Gasteiger partial charge in [-0.1, -0.05) is 24.3 Å². The lowest BCUT2D eigenvalue weighted by Gasteiger charge is -2.55. The fraction of sp³-hybridized carbons (Fsp3) is 0.542. The molecule has 1 aromatic carbocycles. The number of para-hydroxylation sites is 1. The highest BCUT2D eigenvalue weighted by molar-refractivity contribution is 5.88. The van der Waals surface area contributed by atoms with Gasteiger partial charge in [-0.2, -0.15) is 0 Å². The summed E-state index contributed by atoms with van der Waals surface area (Å²) >= 11 is 0. The number of aromatic nitrogens is 1. The van der Waals surface area contributed by atoms with E-state index in [0.29, 0.717) is 23.4 Å². The average molecular weight is 392 g/mol. The fourth-order valence-corrected chi connectivity index (χ4v) is 6.26. The highest BCUT2D eigenvalue weighted by atomic mass is 16.5. The molecule has 1 aromatic heterocycles. The van der Waals surface area contributed by atoms with Gasteiger partial charge >= 0.3 is 5.97 Å². The van der Waals surface area contributed by atoms with E-state index in [1.807, 2.05) is 36.4 Å². The van der Waals surface area contributed by atoms with Crippen LogP contribution in [0.4, 0.5) is 0 Å². The van der Waals surface area contributed by atoms with Crippen LogP contribution in [0.2, 0.25) is 0 Å². The Balaban J connectivity index is 1.19. The van der Waals surface area contributed by atoms with Crippen LogP contribution in [0.3, 0.4) is 0 Å². The summed E-state index contributed by atoms with van der Waals surface area (Å²) in [6.07, 6.45) is 6.86. The van der Waals surface area contributed by atoms with E-state index in [0.717, 1.165) is 30.2 Å². The maximum Gasteiger partial charge on any atom is 0.328 e. The van der Waals surface area contributed by atoms with Crippen LogP contribution in [0.25, 0.3) is 10.9 Å². The quantitative estimate of drug-likeness (QED) is 0.781. The summed E-state index contributed by atoms with van der Waals surface area (Å²) in [5, 5.41) is 4.02. The molecule has 5 nitrogen and oxygen atoms in total. The number of carbonyl (C=O) groups excluding carboxylic acids is 2. The number of benzene rings is 1. The molecule has 1 atom stereocenters. The number of ether oxygens (including phenoxy) is 1. The number of amides is 1. The predicted octanol–water partition coefficient (Wildman–Crippen LogP) is 4.00. The molecular weight excluding hydrogens is 364 g/mol. The molecule has 4 fully saturated rings. The minimum Gasteiger partial charge on any atom is -0.458 e. The molecule has 1 heterocycles. The van der Waals surface area contributed by atoms with Gasteiger partial charge in [-0.3, -0.25) is 4.79 Å². The Bertz CT molecular complexity index is 919. The van der Waals surface area contributed by atoms with E-state index in [4.69, 9.17) is 4.74 Å². The molecule has 0 aliphatic heterocycles. The van der Waals surface area contributed by atoms with Gasteiger partial charge in [0.05, 0.1) is 11.2 Å². The topological polar surface area (TPSA) is 68.3 Å². The molecule has 152 valence electrons. The van der Waals surface area contributed by atoms with Gasteiger partial charge in [0, 0.05) is 10.8 Å². The van der Waals surface area contributed by atoms with E-state index in [2.05, 4.69) is 10.3 Å². The Labute approximate surface area is 171 Å². The zero-order valence-corrected chi connectivity index (χ0v) is 16.9. The van der Waals surface area contributed by atoms with Crippen LogP contribution < -0.4 is 5.32 Å². The molecule has 4 saturated carbocycles. The van der Waals surface area contributed by atoms with Crippen molar-refractivity contribution >= 4 is 22.8 Å². The van der Waals surface area contributed by atoms with Crippen molar-refractivity contribution in [2.75, 3.05) is 0 Å². The fourth-order valence-electron chi connectivity index (χ4n) is 6.26. The molecule has 0 unspecified atom stereocenters. The predicted molar refractivity (Wildman–Crippen MR) is 110 cm³/mol. The van der Waals surface area contributed by atoms with Crippen molar-refractivity contribution in [1.29, 1.82) is 0 Å². The molecule has 2 aromatic rings. The van der Waals surface area contributed by atoms with Crippen molar-refractivity contribution in [3.8, 4) is 0 Å². The van der Waals surface area contributed by atoms with Crippen molar-refractivity contribution in [3.05, 3.63) is 42.1 Å². The standard InChI is InChI=1S/C24H28N2O3/c1-15(22(27)29-14-20-7-6-19-4-2-3-5-21(19)26-20)25-23(28)24-11-16-8-17(12-24)10-18(9-16)13-24/h2-7,15-18H,8-14H2,1H3,(H,25,28)/t15-,16?,17?,18?,24?/m0/s1. The first-order valence-corrected chi connectivity index (χ1v) is 10.8. The van der Waals surface area contributed by atoms with Crippen LogP contribution in [0, 0.1) is 23.2 Å². The molecule has 1 amide bonds. The lowest BCUT2D eigenvalue weighted by molar-refractivity contribution is -0.154. The Morgan fingerprint density at radius 2 is 1.72 bits per heavy atom. The van der Waals surface area contributed by atoms with Crippen molar-refractivity contribution in [1.82, 2.24) is 10.3 Å². The normalized spacial score (nSPS) is 30.9. The third-order valence-corrected chi connectivity index (χ3v) is 7.24. The van der Waals surface area contributed by atoms with E-state index >= 15 is 0 Å². The number of hydrogen-bond donors (Lipinski definition) is 1. The third-order valence-electron chi connectivity index (χ3n) is 7.24. The number of hydrogen-bond acceptors (Lipinski definition) is 4. The number of esters is 1. The molecule has 1 N–H and O–H groups in total. The Morgan fingerprint density at radius 3 is 2.41 bits per heavy atom. The summed E-state index contributed by atoms with van der Waals surface area (Å²) in [6.45, 7) is 1.83. The summed E-state index contributed by atoms with van der Waals surface area (Å²) in [4.78, 5) is 30.1. The zero-order chi connectivity index (χ0) is 20.0. The minimum atomic E-state index is -0.643. The van der Waals surface area contributed by atoms with Gasteiger partial charge in [0.25, 0.3) is 0 Å². The number of fused-ring (bicyclic) bond motifs is 1. The van der Waals surface area contributed by atoms with Crippen molar-refractivity contribution < 1.29 is 14.3 Å². The summed E-state index contributed by atoms with van der Waals surface area (Å²) < 4.78 is 5.44. The van der Waals surface area contributed by atoms with Crippen LogP contribution >= 0.6 is 0 Å². The SMILES string of the molecule is C[C@H](NC(=O)C12CC3CC(CC(C3)C1)C2)C(=O)OCc1ccc2ccccc2n1. The highest BCUT2D eigenvalue weighted by Gasteiger charge is 2.54. The number of nitrogens with one attached hydrogen (secondary N) is 1. The van der Waals surface area contributed by atoms with E-state index < -0.39 is 12.0 Å². The van der Waals surface area contributed by atoms with Gasteiger partial charge in [-0.25, -0.2) is 9.78 Å². The second-order valence-electron chi connectivity index (χ2n) is 9.50. The van der Waals surface area contributed by atoms with E-state index in [1.54, 1.807) is 6.92 Å². The number of nitrogens with zero attached hydrogens (tertiary/aromatic N) is 1. The molecule has 29 heavy (non-hydrogen) atoms. The number of rotatable bonds is 5. The Kier molecular flexibility index (Phi) is 4.56. The van der Waals surface area contributed by atoms with Crippen LogP contribution in [0.1, 0.15) is 51.1 Å². The van der Waals surface area contributed by atoms with Crippen molar-refractivity contribution in [3.63, 3.8) is 0 Å². The molecule has 0 radical (unpaired) electrons. The molecule has 0 saturated heterocycles. The molecular formula is C24H28N2O3. The second-order valence-corrected chi connectivity index (χ2v) is 9.50. The smallest absolute Gasteiger partial charge is 0.328 e. The molecule has 6 rings (SSSR count). The van der Waals surface area contributed by atoms with Gasteiger partial charge in [-0.15, -0.1) is 0 Å². The largest absolute Gasteiger partial charge is 0.458 e. The molecule has 4 aliphatic rings. The first-order chi connectivity index (χ1) is 14.0. The molecule has 0 spiro atoms. The van der Waals surface area contributed by atoms with Gasteiger partial charge < -0.3 is 10.1 Å². The van der Waals surface area contributed by atoms with Gasteiger partial charge in [0.15, 0.2) is 0 Å². The third kappa shape index (κ3) is 3.52. The van der Waals surface area contributed by atoms with Crippen molar-refractivity contribution in [2.45, 2.75) is 58.1 Å². The lowest BCUT2D eigenvalue weighted by Crippen LogP contribution is -2.55. The monoisotopic (exact) mass is 392 g/mol. The van der Waals surface area contributed by atoms with Gasteiger partial charge in [0.2, 0.25) is 5.91 Å². The van der Waals surface area contributed by atoms with E-state index in [1.165, 1.54) is 19.3 Å². The first kappa shape index (κ1) is 18.6. The summed E-state index contributed by atoms with van der Waals surface area (Å²) in [5.74, 6) is 1.76. The van der Waals surface area contributed by atoms with E-state index in [9.17, 15) is 9.59 Å². The Morgan fingerprint density at radius 1 is 1.07 bits per heavy atom. The van der Waals surface area contributed by atoms with Gasteiger partial charge in [0.1, 0.15) is 12.6 Å². The molecule has 5 heteroatoms. The number of carbonyl (C=O) groups is 2. The minimum absolute atomic E-state index is 0.0601. The maximum absolute atomic E-state index is 13.1. The summed E-state index contributed by atoms with van der Waals surface area (Å²) in [6, 6.07) is 11.1. The highest BCUT2D eigenvalue weighted by Crippen LogP contribution is 2.60. The first-order valence-electron chi connectivity index (χ1n) is 10.8. The molecule has 4 aliphatic carbocycles. The van der Waals surface area contributed by atoms with Crippen LogP contribution in [-0.2, 0) is 20.9 Å². The van der Waals surface area contributed by atoms with Crippen molar-refractivity contribution in [2.24, 2.45) is 23.2 Å². The van der Waals surface area contributed by atoms with Crippen LogP contribution in [-0.4, -0.2) is 22.9 Å². The molecule has 4 bridgehead atoms. The van der Waals surface area contributed by atoms with Crippen LogP contribution in [0.5, 0.6) is 0 Å². The van der Waals surface area contributed by atoms with Gasteiger partial charge in [-0.05, 0) is 75.3 Å². The maximum atomic E-state index is 13.1. The summed E-state index contributed by atoms with van der Waals surface area (Å²) in [5.41, 5.74) is 1.34. The summed E-state index contributed by atoms with van der Waals surface area (Å²) in [7, 11) is 0. The van der Waals surface area contributed by atoms with Crippen LogP contribution in [0.15, 0.2) is 36.4 Å². The second kappa shape index (κ2) is 7.12. The zero-order valence-electron chi connectivity index (χ0n) is 16.9.